The van der Waals surface area contributed by atoms with Crippen molar-refractivity contribution in [3.05, 3.63) is 42.0 Å². The van der Waals surface area contributed by atoms with Crippen LogP contribution in [-0.4, -0.2) is 9.78 Å². The highest BCUT2D eigenvalue weighted by Gasteiger charge is 2.03. The molecule has 0 bridgehead atoms. The fourth-order valence-corrected chi connectivity index (χ4v) is 1.36. The third-order valence-corrected chi connectivity index (χ3v) is 2.12. The van der Waals surface area contributed by atoms with E-state index in [1.54, 1.807) is 10.9 Å². The molecule has 0 spiro atoms. The highest BCUT2D eigenvalue weighted by Crippen LogP contribution is 2.22. The normalized spacial score (nSPS) is 10.4. The number of hydrogen-bond acceptors (Lipinski definition) is 3. The smallest absolute Gasteiger partial charge is 0.142 e. The van der Waals surface area contributed by atoms with Crippen LogP contribution in [0.3, 0.4) is 0 Å². The Morgan fingerprint density at radius 1 is 1.50 bits per heavy atom. The zero-order valence-electron chi connectivity index (χ0n) is 8.85. The number of ether oxygens (including phenoxy) is 1. The van der Waals surface area contributed by atoms with Gasteiger partial charge in [0.25, 0.3) is 0 Å². The molecule has 0 fully saturated rings. The number of nitrogens with two attached hydrogens (primary N) is 1. The van der Waals surface area contributed by atoms with Gasteiger partial charge in [0.1, 0.15) is 18.2 Å². The molecule has 0 aliphatic carbocycles. The number of anilines is 1. The van der Waals surface area contributed by atoms with Crippen LogP contribution >= 0.6 is 0 Å². The molecule has 0 unspecified atom stereocenters. The Balaban J connectivity index is 2.04. The zero-order chi connectivity index (χ0) is 11.5. The van der Waals surface area contributed by atoms with Crippen LogP contribution in [0.1, 0.15) is 5.56 Å². The van der Waals surface area contributed by atoms with Crippen LogP contribution in [0.25, 0.3) is 0 Å². The van der Waals surface area contributed by atoms with Crippen LogP contribution in [0.5, 0.6) is 5.75 Å². The van der Waals surface area contributed by atoms with Crippen LogP contribution in [0.2, 0.25) is 0 Å². The molecule has 0 aliphatic heterocycles. The molecule has 2 rings (SSSR count). The van der Waals surface area contributed by atoms with Gasteiger partial charge in [-0.15, -0.1) is 0 Å². The first-order valence-corrected chi connectivity index (χ1v) is 4.80. The maximum Gasteiger partial charge on any atom is 0.142 e. The molecule has 1 aromatic carbocycles. The molecule has 0 amide bonds. The molecule has 0 saturated carbocycles. The van der Waals surface area contributed by atoms with E-state index in [1.807, 2.05) is 13.2 Å². The van der Waals surface area contributed by atoms with Gasteiger partial charge in [0, 0.05) is 24.9 Å². The van der Waals surface area contributed by atoms with E-state index < -0.39 is 0 Å². The summed E-state index contributed by atoms with van der Waals surface area (Å²) in [6.07, 6.45) is 3.55. The summed E-state index contributed by atoms with van der Waals surface area (Å²) in [5, 5.41) is 4.01. The summed E-state index contributed by atoms with van der Waals surface area (Å²) in [6.45, 7) is 0.365. The first kappa shape index (κ1) is 10.5. The molecule has 2 aromatic rings. The minimum Gasteiger partial charge on any atom is -0.487 e. The van der Waals surface area contributed by atoms with E-state index in [1.165, 1.54) is 18.2 Å². The van der Waals surface area contributed by atoms with Crippen LogP contribution in [-0.2, 0) is 13.7 Å². The third-order valence-electron chi connectivity index (χ3n) is 2.12. The van der Waals surface area contributed by atoms with E-state index in [9.17, 15) is 4.39 Å². The highest BCUT2D eigenvalue weighted by molar-refractivity contribution is 5.52. The van der Waals surface area contributed by atoms with Crippen LogP contribution in [0, 0.1) is 5.82 Å². The van der Waals surface area contributed by atoms with E-state index in [-0.39, 0.29) is 5.82 Å². The van der Waals surface area contributed by atoms with Crippen molar-refractivity contribution in [1.29, 1.82) is 0 Å². The number of nitrogen functional groups attached to an aromatic ring is 1. The molecule has 0 aliphatic rings. The minimum atomic E-state index is -0.369. The van der Waals surface area contributed by atoms with Crippen LogP contribution in [0.15, 0.2) is 30.6 Å². The van der Waals surface area contributed by atoms with E-state index in [0.29, 0.717) is 18.0 Å². The molecule has 0 atom stereocenters. The van der Waals surface area contributed by atoms with Gasteiger partial charge >= 0.3 is 0 Å². The van der Waals surface area contributed by atoms with Crippen molar-refractivity contribution in [2.75, 3.05) is 5.73 Å². The van der Waals surface area contributed by atoms with Gasteiger partial charge in [-0.3, -0.25) is 4.68 Å². The topological polar surface area (TPSA) is 53.1 Å². The summed E-state index contributed by atoms with van der Waals surface area (Å²) in [6, 6.07) is 4.06. The summed E-state index contributed by atoms with van der Waals surface area (Å²) < 4.78 is 19.9. The lowest BCUT2D eigenvalue weighted by atomic mass is 10.3. The van der Waals surface area contributed by atoms with E-state index in [4.69, 9.17) is 10.5 Å². The lowest BCUT2D eigenvalue weighted by molar-refractivity contribution is 0.307. The molecular weight excluding hydrogens is 209 g/mol. The average molecular weight is 221 g/mol. The second-order valence-electron chi connectivity index (χ2n) is 3.49. The number of benzene rings is 1. The Morgan fingerprint density at radius 3 is 2.94 bits per heavy atom. The van der Waals surface area contributed by atoms with Gasteiger partial charge in [-0.2, -0.15) is 5.10 Å². The number of rotatable bonds is 3. The van der Waals surface area contributed by atoms with E-state index >= 15 is 0 Å². The largest absolute Gasteiger partial charge is 0.487 e. The Labute approximate surface area is 92.4 Å². The minimum absolute atomic E-state index is 0.295. The van der Waals surface area contributed by atoms with Crippen LogP contribution in [0.4, 0.5) is 10.1 Å². The van der Waals surface area contributed by atoms with E-state index in [0.717, 1.165) is 5.56 Å². The molecule has 5 heteroatoms. The standard InChI is InChI=1S/C11H12FN3O/c1-15-6-8(5-14-15)7-16-11-3-2-9(12)4-10(11)13/h2-6H,7,13H2,1H3. The Kier molecular flexibility index (Phi) is 2.76. The molecule has 2 N–H and O–H groups in total. The van der Waals surface area contributed by atoms with Gasteiger partial charge in [-0.1, -0.05) is 0 Å². The Morgan fingerprint density at radius 2 is 2.31 bits per heavy atom. The van der Waals surface area contributed by atoms with Gasteiger partial charge in [-0.05, 0) is 12.1 Å². The zero-order valence-corrected chi connectivity index (χ0v) is 8.85. The summed E-state index contributed by atoms with van der Waals surface area (Å²) in [5.74, 6) is 0.108. The van der Waals surface area contributed by atoms with Crippen molar-refractivity contribution < 1.29 is 9.13 Å². The predicted octanol–water partition coefficient (Wildman–Crippen LogP) is 1.72. The Bertz CT molecular complexity index is 496. The van der Waals surface area contributed by atoms with Crippen molar-refractivity contribution in [3.63, 3.8) is 0 Å². The number of halogens is 1. The fourth-order valence-electron chi connectivity index (χ4n) is 1.36. The maximum absolute atomic E-state index is 12.8. The van der Waals surface area contributed by atoms with Crippen molar-refractivity contribution >= 4 is 5.69 Å². The summed E-state index contributed by atoms with van der Waals surface area (Å²) in [4.78, 5) is 0. The lowest BCUT2D eigenvalue weighted by Crippen LogP contribution is -1.98. The molecule has 0 radical (unpaired) electrons. The first-order valence-electron chi connectivity index (χ1n) is 4.80. The summed E-state index contributed by atoms with van der Waals surface area (Å²) >= 11 is 0. The second kappa shape index (κ2) is 4.22. The fraction of sp³-hybridized carbons (Fsp3) is 0.182. The number of aromatic nitrogens is 2. The average Bonchev–Trinajstić information content (AvgIpc) is 2.63. The molecule has 1 aromatic heterocycles. The van der Waals surface area contributed by atoms with Gasteiger partial charge in [0.2, 0.25) is 0 Å². The SMILES string of the molecule is Cn1cc(COc2ccc(F)cc2N)cn1. The monoisotopic (exact) mass is 221 g/mol. The van der Waals surface area contributed by atoms with Crippen molar-refractivity contribution in [2.45, 2.75) is 6.61 Å². The van der Waals surface area contributed by atoms with Crippen molar-refractivity contribution in [2.24, 2.45) is 7.05 Å². The molecule has 84 valence electrons. The summed E-state index contributed by atoms with van der Waals surface area (Å²) in [5.41, 5.74) is 6.84. The number of nitrogens with zero attached hydrogens (tertiary/aromatic N) is 2. The van der Waals surface area contributed by atoms with Crippen molar-refractivity contribution in [3.8, 4) is 5.75 Å². The van der Waals surface area contributed by atoms with E-state index in [2.05, 4.69) is 5.10 Å². The van der Waals surface area contributed by atoms with Gasteiger partial charge < -0.3 is 10.5 Å². The summed E-state index contributed by atoms with van der Waals surface area (Å²) in [7, 11) is 1.83. The molecule has 0 saturated heterocycles. The second-order valence-corrected chi connectivity index (χ2v) is 3.49. The maximum atomic E-state index is 12.8. The molecule has 1 heterocycles. The number of hydrogen-bond donors (Lipinski definition) is 1. The third kappa shape index (κ3) is 2.31. The highest BCUT2D eigenvalue weighted by atomic mass is 19.1. The molecule has 16 heavy (non-hydrogen) atoms. The van der Waals surface area contributed by atoms with Gasteiger partial charge in [-0.25, -0.2) is 4.39 Å². The predicted molar refractivity (Wildman–Crippen MR) is 58.4 cm³/mol. The molecule has 4 nitrogen and oxygen atoms in total. The van der Waals surface area contributed by atoms with Crippen LogP contribution < -0.4 is 10.5 Å². The quantitative estimate of drug-likeness (QED) is 0.803. The van der Waals surface area contributed by atoms with Gasteiger partial charge in [0.05, 0.1) is 11.9 Å². The van der Waals surface area contributed by atoms with Gasteiger partial charge in [0.15, 0.2) is 0 Å². The molecular formula is C11H12FN3O. The number of aryl methyl sites for hydroxylation is 1. The lowest BCUT2D eigenvalue weighted by Gasteiger charge is -2.07. The first-order chi connectivity index (χ1) is 7.65. The van der Waals surface area contributed by atoms with Crippen molar-refractivity contribution in [1.82, 2.24) is 9.78 Å². The Hall–Kier alpha value is -2.04.